The molecule has 0 saturated carbocycles. The van der Waals surface area contributed by atoms with Crippen molar-refractivity contribution in [3.8, 4) is 11.5 Å². The first-order valence-corrected chi connectivity index (χ1v) is 9.15. The number of fused-ring (bicyclic) bond motifs is 1. The first kappa shape index (κ1) is 18.9. The van der Waals surface area contributed by atoms with Gasteiger partial charge in [0.1, 0.15) is 11.5 Å². The van der Waals surface area contributed by atoms with Crippen LogP contribution in [-0.2, 0) is 4.79 Å². The normalized spacial score (nSPS) is 11.3. The molecule has 1 N–H and O–H groups in total. The number of ether oxygens (including phenoxy) is 2. The molecule has 0 atom stereocenters. The van der Waals surface area contributed by atoms with Crippen molar-refractivity contribution in [2.75, 3.05) is 13.7 Å². The number of amides is 1. The van der Waals surface area contributed by atoms with Gasteiger partial charge in [0, 0.05) is 0 Å². The van der Waals surface area contributed by atoms with E-state index in [9.17, 15) is 4.79 Å². The predicted octanol–water partition coefficient (Wildman–Crippen LogP) is 4.53. The van der Waals surface area contributed by atoms with Crippen LogP contribution in [0.3, 0.4) is 0 Å². The Hall–Kier alpha value is -2.86. The molecule has 3 aromatic rings. The number of nitrogens with zero attached hydrogens (tertiary/aromatic N) is 1. The van der Waals surface area contributed by atoms with E-state index in [1.807, 2.05) is 67.6 Å². The Morgan fingerprint density at radius 3 is 2.56 bits per heavy atom. The highest BCUT2D eigenvalue weighted by atomic mass is 79.9. The molecule has 0 heterocycles. The van der Waals surface area contributed by atoms with Crippen molar-refractivity contribution >= 4 is 38.3 Å². The molecule has 0 aromatic heterocycles. The number of hydrogen-bond donors (Lipinski definition) is 1. The fourth-order valence-corrected chi connectivity index (χ4v) is 3.15. The summed E-state index contributed by atoms with van der Waals surface area (Å²) in [5, 5.41) is 6.25. The number of methoxy groups -OCH3 is 1. The van der Waals surface area contributed by atoms with E-state index in [-0.39, 0.29) is 12.5 Å². The lowest BCUT2D eigenvalue weighted by Crippen LogP contribution is -2.25. The second kappa shape index (κ2) is 8.68. The molecular formula is C21H19BrN2O3. The van der Waals surface area contributed by atoms with Crippen LogP contribution in [0.15, 0.2) is 70.2 Å². The maximum atomic E-state index is 12.0. The van der Waals surface area contributed by atoms with Crippen molar-refractivity contribution in [1.82, 2.24) is 5.43 Å². The molecule has 1 amide bonds. The first-order chi connectivity index (χ1) is 13.1. The minimum atomic E-state index is -0.331. The first-order valence-electron chi connectivity index (χ1n) is 8.36. The predicted molar refractivity (Wildman–Crippen MR) is 110 cm³/mol. The molecule has 138 valence electrons. The smallest absolute Gasteiger partial charge is 0.277 e. The summed E-state index contributed by atoms with van der Waals surface area (Å²) in [6.45, 7) is 1.69. The van der Waals surface area contributed by atoms with Gasteiger partial charge < -0.3 is 9.47 Å². The molecule has 0 bridgehead atoms. The van der Waals surface area contributed by atoms with Gasteiger partial charge in [-0.05, 0) is 69.5 Å². The standard InChI is InChI=1S/C21H19BrN2O3/c1-14(15-7-10-17(26-2)11-8-15)23-24-20(25)13-27-19-12-9-16-5-3-4-6-18(16)21(19)22/h3-12H,13H2,1-2H3,(H,24,25)/b23-14+. The van der Waals surface area contributed by atoms with Crippen LogP contribution in [0.4, 0.5) is 0 Å². The molecule has 0 radical (unpaired) electrons. The molecule has 0 unspecified atom stereocenters. The molecular weight excluding hydrogens is 408 g/mol. The van der Waals surface area contributed by atoms with Gasteiger partial charge in [-0.25, -0.2) is 5.43 Å². The maximum Gasteiger partial charge on any atom is 0.277 e. The molecule has 0 aliphatic heterocycles. The van der Waals surface area contributed by atoms with Gasteiger partial charge >= 0.3 is 0 Å². The van der Waals surface area contributed by atoms with Crippen LogP contribution in [0.1, 0.15) is 12.5 Å². The van der Waals surface area contributed by atoms with Crippen LogP contribution >= 0.6 is 15.9 Å². The summed E-state index contributed by atoms with van der Waals surface area (Å²) in [5.74, 6) is 1.05. The zero-order chi connectivity index (χ0) is 19.2. The minimum absolute atomic E-state index is 0.129. The molecule has 0 saturated heterocycles. The Morgan fingerprint density at radius 2 is 1.81 bits per heavy atom. The van der Waals surface area contributed by atoms with Gasteiger partial charge in [0.25, 0.3) is 5.91 Å². The Balaban J connectivity index is 1.60. The lowest BCUT2D eigenvalue weighted by molar-refractivity contribution is -0.123. The minimum Gasteiger partial charge on any atom is -0.497 e. The molecule has 27 heavy (non-hydrogen) atoms. The topological polar surface area (TPSA) is 59.9 Å². The Morgan fingerprint density at radius 1 is 1.07 bits per heavy atom. The number of hydrogen-bond acceptors (Lipinski definition) is 4. The monoisotopic (exact) mass is 426 g/mol. The molecule has 0 aliphatic rings. The second-order valence-corrected chi connectivity index (χ2v) is 6.64. The van der Waals surface area contributed by atoms with Crippen molar-refractivity contribution in [1.29, 1.82) is 0 Å². The highest BCUT2D eigenvalue weighted by molar-refractivity contribution is 9.10. The molecule has 3 aromatic carbocycles. The average Bonchev–Trinajstić information content (AvgIpc) is 2.71. The van der Waals surface area contributed by atoms with Crippen LogP contribution in [0.2, 0.25) is 0 Å². The summed E-state index contributed by atoms with van der Waals surface area (Å²) < 4.78 is 11.6. The number of nitrogens with one attached hydrogen (secondary N) is 1. The average molecular weight is 427 g/mol. The number of halogens is 1. The third-order valence-electron chi connectivity index (χ3n) is 4.04. The third-order valence-corrected chi connectivity index (χ3v) is 4.86. The van der Waals surface area contributed by atoms with Gasteiger partial charge in [-0.3, -0.25) is 4.79 Å². The van der Waals surface area contributed by atoms with Crippen molar-refractivity contribution < 1.29 is 14.3 Å². The number of carbonyl (C=O) groups excluding carboxylic acids is 1. The van der Waals surface area contributed by atoms with Crippen LogP contribution < -0.4 is 14.9 Å². The Bertz CT molecular complexity index is 984. The van der Waals surface area contributed by atoms with E-state index in [0.717, 1.165) is 26.6 Å². The number of hydrazone groups is 1. The second-order valence-electron chi connectivity index (χ2n) is 5.85. The summed E-state index contributed by atoms with van der Waals surface area (Å²) in [4.78, 5) is 12.0. The van der Waals surface area contributed by atoms with Crippen LogP contribution in [0.5, 0.6) is 11.5 Å². The van der Waals surface area contributed by atoms with Gasteiger partial charge in [-0.15, -0.1) is 0 Å². The summed E-state index contributed by atoms with van der Waals surface area (Å²) in [5.41, 5.74) is 4.10. The summed E-state index contributed by atoms with van der Waals surface area (Å²) >= 11 is 3.54. The quantitative estimate of drug-likeness (QED) is 0.465. The van der Waals surface area contributed by atoms with Crippen LogP contribution in [0.25, 0.3) is 10.8 Å². The van der Waals surface area contributed by atoms with Gasteiger partial charge in [-0.2, -0.15) is 5.10 Å². The molecule has 0 aliphatic carbocycles. The van der Waals surface area contributed by atoms with Gasteiger partial charge in [0.15, 0.2) is 6.61 Å². The number of rotatable bonds is 6. The molecule has 5 nitrogen and oxygen atoms in total. The largest absolute Gasteiger partial charge is 0.497 e. The van der Waals surface area contributed by atoms with Gasteiger partial charge in [0.05, 0.1) is 17.3 Å². The van der Waals surface area contributed by atoms with E-state index in [1.54, 1.807) is 7.11 Å². The fourth-order valence-electron chi connectivity index (χ4n) is 2.54. The third kappa shape index (κ3) is 4.65. The lowest BCUT2D eigenvalue weighted by atomic mass is 10.1. The van der Waals surface area contributed by atoms with E-state index < -0.39 is 0 Å². The maximum absolute atomic E-state index is 12.0. The molecule has 0 fully saturated rings. The molecule has 3 rings (SSSR count). The summed E-state index contributed by atoms with van der Waals surface area (Å²) in [6, 6.07) is 19.2. The van der Waals surface area contributed by atoms with E-state index in [1.165, 1.54) is 0 Å². The van der Waals surface area contributed by atoms with Crippen molar-refractivity contribution in [3.05, 3.63) is 70.7 Å². The highest BCUT2D eigenvalue weighted by Crippen LogP contribution is 2.32. The van der Waals surface area contributed by atoms with Crippen LogP contribution in [-0.4, -0.2) is 25.3 Å². The molecule has 0 spiro atoms. The highest BCUT2D eigenvalue weighted by Gasteiger charge is 2.08. The van der Waals surface area contributed by atoms with E-state index in [0.29, 0.717) is 11.5 Å². The zero-order valence-electron chi connectivity index (χ0n) is 15.0. The summed E-state index contributed by atoms with van der Waals surface area (Å²) in [7, 11) is 1.62. The van der Waals surface area contributed by atoms with E-state index in [4.69, 9.17) is 9.47 Å². The number of benzene rings is 3. The van der Waals surface area contributed by atoms with Crippen LogP contribution in [0, 0.1) is 0 Å². The van der Waals surface area contributed by atoms with Gasteiger partial charge in [-0.1, -0.05) is 30.3 Å². The van der Waals surface area contributed by atoms with Gasteiger partial charge in [0.2, 0.25) is 0 Å². The van der Waals surface area contributed by atoms with E-state index in [2.05, 4.69) is 26.5 Å². The van der Waals surface area contributed by atoms with Crippen molar-refractivity contribution in [2.45, 2.75) is 6.92 Å². The zero-order valence-corrected chi connectivity index (χ0v) is 16.6. The van der Waals surface area contributed by atoms with Crippen molar-refractivity contribution in [2.24, 2.45) is 5.10 Å². The Labute approximate surface area is 166 Å². The molecule has 6 heteroatoms. The summed E-state index contributed by atoms with van der Waals surface area (Å²) in [6.07, 6.45) is 0. The van der Waals surface area contributed by atoms with Crippen molar-refractivity contribution in [3.63, 3.8) is 0 Å². The fraction of sp³-hybridized carbons (Fsp3) is 0.143. The number of carbonyl (C=O) groups is 1. The van der Waals surface area contributed by atoms with E-state index >= 15 is 0 Å². The lowest BCUT2D eigenvalue weighted by Gasteiger charge is -2.10. The SMILES string of the molecule is COc1ccc(/C(C)=N/NC(=O)COc2ccc3ccccc3c2Br)cc1. The Kier molecular flexibility index (Phi) is 6.08.